The predicted octanol–water partition coefficient (Wildman–Crippen LogP) is -0.272. The second-order valence-electron chi connectivity index (χ2n) is 4.52. The van der Waals surface area contributed by atoms with Crippen LogP contribution in [0.4, 0.5) is 0 Å². The fourth-order valence-electron chi connectivity index (χ4n) is 1.10. The zero-order valence-corrected chi connectivity index (χ0v) is 10.9. The van der Waals surface area contributed by atoms with E-state index in [4.69, 9.17) is 0 Å². The Morgan fingerprint density at radius 2 is 2.12 bits per heavy atom. The van der Waals surface area contributed by atoms with E-state index >= 15 is 0 Å². The van der Waals surface area contributed by atoms with Gasteiger partial charge in [-0.05, 0) is 13.8 Å². The fraction of sp³-hybridized carbons (Fsp3) is 0.778. The second kappa shape index (κ2) is 4.50. The molecule has 0 aliphatic carbocycles. The van der Waals surface area contributed by atoms with Crippen LogP contribution < -0.4 is 5.32 Å². The van der Waals surface area contributed by atoms with Gasteiger partial charge in [0.2, 0.25) is 0 Å². The summed E-state index contributed by atoms with van der Waals surface area (Å²) >= 11 is 0. The van der Waals surface area contributed by atoms with E-state index in [2.05, 4.69) is 15.6 Å². The van der Waals surface area contributed by atoms with Crippen LogP contribution in [0, 0.1) is 0 Å². The van der Waals surface area contributed by atoms with Crippen molar-refractivity contribution >= 4 is 9.84 Å². The Morgan fingerprint density at radius 1 is 1.50 bits per heavy atom. The van der Waals surface area contributed by atoms with Crippen LogP contribution in [-0.2, 0) is 23.4 Å². The van der Waals surface area contributed by atoms with Gasteiger partial charge in [-0.25, -0.2) is 8.42 Å². The largest absolute Gasteiger partial charge is 0.309 e. The van der Waals surface area contributed by atoms with Crippen molar-refractivity contribution in [2.45, 2.75) is 25.1 Å². The van der Waals surface area contributed by atoms with Crippen molar-refractivity contribution in [3.05, 3.63) is 11.9 Å². The minimum atomic E-state index is -3.06. The average Bonchev–Trinajstić information content (AvgIpc) is 2.49. The Kier molecular flexibility index (Phi) is 3.69. The molecule has 0 amide bonds. The van der Waals surface area contributed by atoms with Crippen molar-refractivity contribution in [1.29, 1.82) is 0 Å². The first kappa shape index (κ1) is 13.1. The molecule has 0 aliphatic heterocycles. The molecule has 0 unspecified atom stereocenters. The Morgan fingerprint density at radius 3 is 2.56 bits per heavy atom. The topological polar surface area (TPSA) is 76.9 Å². The molecule has 1 aromatic heterocycles. The minimum absolute atomic E-state index is 0.391. The van der Waals surface area contributed by atoms with Crippen molar-refractivity contribution in [3.8, 4) is 0 Å². The summed E-state index contributed by atoms with van der Waals surface area (Å²) in [6, 6.07) is 0. The molecule has 0 atom stereocenters. The van der Waals surface area contributed by atoms with Crippen molar-refractivity contribution in [1.82, 2.24) is 20.3 Å². The molecule has 0 bridgehead atoms. The van der Waals surface area contributed by atoms with Crippen LogP contribution in [0.2, 0.25) is 0 Å². The molecule has 0 fully saturated rings. The molecule has 7 heteroatoms. The number of nitrogens with zero attached hydrogens (tertiary/aromatic N) is 3. The number of hydrogen-bond donors (Lipinski definition) is 1. The van der Waals surface area contributed by atoms with E-state index in [9.17, 15) is 8.42 Å². The van der Waals surface area contributed by atoms with Gasteiger partial charge in [0, 0.05) is 32.6 Å². The number of aromatic nitrogens is 3. The molecule has 1 heterocycles. The summed E-state index contributed by atoms with van der Waals surface area (Å²) in [4.78, 5) is 0. The molecule has 1 rings (SSSR count). The van der Waals surface area contributed by atoms with Gasteiger partial charge in [0.25, 0.3) is 0 Å². The second-order valence-corrected chi connectivity index (χ2v) is 7.17. The molecule has 0 spiro atoms. The van der Waals surface area contributed by atoms with Gasteiger partial charge in [0.05, 0.1) is 10.4 Å². The maximum absolute atomic E-state index is 11.4. The molecule has 0 radical (unpaired) electrons. The summed E-state index contributed by atoms with van der Waals surface area (Å²) < 4.78 is 23.7. The summed E-state index contributed by atoms with van der Waals surface area (Å²) in [5.41, 5.74) is 0.798. The van der Waals surface area contributed by atoms with Crippen LogP contribution >= 0.6 is 0 Å². The van der Waals surface area contributed by atoms with Gasteiger partial charge in [-0.1, -0.05) is 5.21 Å². The Hall–Kier alpha value is -0.950. The smallest absolute Gasteiger partial charge is 0.153 e. The number of sulfone groups is 1. The lowest BCUT2D eigenvalue weighted by atomic mass is 10.2. The van der Waals surface area contributed by atoms with E-state index in [1.165, 1.54) is 6.26 Å². The molecular weight excluding hydrogens is 228 g/mol. The Bertz CT molecular complexity index is 450. The van der Waals surface area contributed by atoms with E-state index in [1.54, 1.807) is 31.8 Å². The highest BCUT2D eigenvalue weighted by Crippen LogP contribution is 2.13. The van der Waals surface area contributed by atoms with Crippen LogP contribution in [0.25, 0.3) is 0 Å². The third-order valence-corrected chi connectivity index (χ3v) is 4.66. The molecule has 16 heavy (non-hydrogen) atoms. The van der Waals surface area contributed by atoms with E-state index in [0.717, 1.165) is 5.69 Å². The molecule has 92 valence electrons. The van der Waals surface area contributed by atoms with Gasteiger partial charge >= 0.3 is 0 Å². The van der Waals surface area contributed by atoms with Gasteiger partial charge in [-0.2, -0.15) is 0 Å². The third-order valence-electron chi connectivity index (χ3n) is 2.51. The molecule has 1 aromatic rings. The number of rotatable bonds is 5. The van der Waals surface area contributed by atoms with Gasteiger partial charge < -0.3 is 5.32 Å². The average molecular weight is 246 g/mol. The molecule has 0 aliphatic rings. The Balaban J connectivity index is 2.48. The van der Waals surface area contributed by atoms with E-state index in [0.29, 0.717) is 13.1 Å². The zero-order chi connectivity index (χ0) is 12.4. The fourth-order valence-corrected chi connectivity index (χ4v) is 1.46. The first-order valence-electron chi connectivity index (χ1n) is 4.98. The van der Waals surface area contributed by atoms with E-state index in [1.807, 2.05) is 0 Å². The number of hydrogen-bond acceptors (Lipinski definition) is 5. The molecule has 1 N–H and O–H groups in total. The van der Waals surface area contributed by atoms with Crippen LogP contribution in [0.15, 0.2) is 6.20 Å². The van der Waals surface area contributed by atoms with Crippen molar-refractivity contribution in [2.75, 3.05) is 12.8 Å². The highest BCUT2D eigenvalue weighted by Gasteiger charge is 2.29. The van der Waals surface area contributed by atoms with Crippen LogP contribution in [0.3, 0.4) is 0 Å². The van der Waals surface area contributed by atoms with Crippen molar-refractivity contribution in [2.24, 2.45) is 7.05 Å². The molecule has 0 saturated heterocycles. The highest BCUT2D eigenvalue weighted by molar-refractivity contribution is 7.92. The summed E-state index contributed by atoms with van der Waals surface area (Å²) in [5, 5.41) is 10.8. The molecule has 6 nitrogen and oxygen atoms in total. The van der Waals surface area contributed by atoms with Gasteiger partial charge in [0.1, 0.15) is 0 Å². The maximum Gasteiger partial charge on any atom is 0.153 e. The summed E-state index contributed by atoms with van der Waals surface area (Å²) in [5.74, 6) is 0. The molecule has 0 aromatic carbocycles. The highest BCUT2D eigenvalue weighted by atomic mass is 32.2. The zero-order valence-electron chi connectivity index (χ0n) is 10.1. The third kappa shape index (κ3) is 3.28. The predicted molar refractivity (Wildman–Crippen MR) is 61.6 cm³/mol. The summed E-state index contributed by atoms with van der Waals surface area (Å²) in [6.45, 7) is 4.31. The van der Waals surface area contributed by atoms with Crippen LogP contribution in [-0.4, -0.2) is 41.0 Å². The van der Waals surface area contributed by atoms with E-state index < -0.39 is 14.6 Å². The normalized spacial score (nSPS) is 13.0. The lowest BCUT2D eigenvalue weighted by molar-refractivity contribution is 0.519. The Labute approximate surface area is 96.0 Å². The monoisotopic (exact) mass is 246 g/mol. The molecular formula is C9H18N4O2S. The number of aryl methyl sites for hydroxylation is 1. The van der Waals surface area contributed by atoms with Crippen LogP contribution in [0.1, 0.15) is 19.5 Å². The van der Waals surface area contributed by atoms with Crippen molar-refractivity contribution < 1.29 is 8.42 Å². The van der Waals surface area contributed by atoms with Crippen LogP contribution in [0.5, 0.6) is 0 Å². The summed E-state index contributed by atoms with van der Waals surface area (Å²) in [7, 11) is -1.27. The SMILES string of the molecule is Cn1cc(CNCC(C)(C)S(C)(=O)=O)nn1. The minimum Gasteiger partial charge on any atom is -0.309 e. The lowest BCUT2D eigenvalue weighted by Gasteiger charge is -2.22. The maximum atomic E-state index is 11.4. The van der Waals surface area contributed by atoms with Gasteiger partial charge in [-0.15, -0.1) is 5.10 Å². The first-order chi connectivity index (χ1) is 7.22. The van der Waals surface area contributed by atoms with E-state index in [-0.39, 0.29) is 0 Å². The molecule has 0 saturated carbocycles. The number of nitrogens with one attached hydrogen (secondary N) is 1. The van der Waals surface area contributed by atoms with Gasteiger partial charge in [-0.3, -0.25) is 4.68 Å². The van der Waals surface area contributed by atoms with Gasteiger partial charge in [0.15, 0.2) is 9.84 Å². The standard InChI is InChI=1S/C9H18N4O2S/c1-9(2,16(4,14)15)7-10-5-8-6-13(3)12-11-8/h6,10H,5,7H2,1-4H3. The summed E-state index contributed by atoms with van der Waals surface area (Å²) in [6.07, 6.45) is 3.04. The quantitative estimate of drug-likeness (QED) is 0.773. The van der Waals surface area contributed by atoms with Crippen molar-refractivity contribution in [3.63, 3.8) is 0 Å². The lowest BCUT2D eigenvalue weighted by Crippen LogP contribution is -2.41. The first-order valence-corrected chi connectivity index (χ1v) is 6.87.